The van der Waals surface area contributed by atoms with Crippen LogP contribution in [0.15, 0.2) is 24.3 Å². The number of nitrogens with one attached hydrogen (secondary N) is 1. The Morgan fingerprint density at radius 1 is 1.17 bits per heavy atom. The summed E-state index contributed by atoms with van der Waals surface area (Å²) < 4.78 is 25.1. The van der Waals surface area contributed by atoms with Gasteiger partial charge >= 0.3 is 0 Å². The summed E-state index contributed by atoms with van der Waals surface area (Å²) >= 11 is 0. The van der Waals surface area contributed by atoms with Crippen LogP contribution in [0.1, 0.15) is 42.5 Å². The molecule has 0 radical (unpaired) electrons. The first-order chi connectivity index (χ1) is 10.9. The van der Waals surface area contributed by atoms with E-state index >= 15 is 0 Å². The smallest absolute Gasteiger partial charge is 0.253 e. The predicted octanol–water partition coefficient (Wildman–Crippen LogP) is 2.71. The fourth-order valence-corrected chi connectivity index (χ4v) is 4.45. The minimum Gasteiger partial charge on any atom is -0.338 e. The third-order valence-corrected chi connectivity index (χ3v) is 5.60. The van der Waals surface area contributed by atoms with Gasteiger partial charge in [0, 0.05) is 24.3 Å². The molecule has 2 aliphatic rings. The van der Waals surface area contributed by atoms with E-state index in [0.717, 1.165) is 31.7 Å². The van der Waals surface area contributed by atoms with E-state index < -0.39 is 10.0 Å². The van der Waals surface area contributed by atoms with Gasteiger partial charge < -0.3 is 4.90 Å². The Bertz CT molecular complexity index is 687. The topological polar surface area (TPSA) is 66.5 Å². The van der Waals surface area contributed by atoms with Crippen LogP contribution in [0.4, 0.5) is 5.69 Å². The number of amides is 1. The number of rotatable bonds is 3. The first-order valence-electron chi connectivity index (χ1n) is 8.29. The van der Waals surface area contributed by atoms with Crippen LogP contribution in [0.5, 0.6) is 0 Å². The number of carbonyl (C=O) groups is 1. The fraction of sp³-hybridized carbons (Fsp3) is 0.588. The zero-order valence-corrected chi connectivity index (χ0v) is 14.3. The molecule has 1 aromatic rings. The number of likely N-dealkylation sites (tertiary alicyclic amines) is 1. The molecule has 2 fully saturated rings. The lowest BCUT2D eigenvalue weighted by Crippen LogP contribution is -2.44. The maximum absolute atomic E-state index is 12.7. The van der Waals surface area contributed by atoms with Crippen LogP contribution in [0.25, 0.3) is 0 Å². The van der Waals surface area contributed by atoms with E-state index in [4.69, 9.17) is 0 Å². The molecular formula is C17H24N2O3S. The van der Waals surface area contributed by atoms with Crippen molar-refractivity contribution in [2.75, 3.05) is 24.1 Å². The highest BCUT2D eigenvalue weighted by Gasteiger charge is 2.33. The summed E-state index contributed by atoms with van der Waals surface area (Å²) in [7, 11) is -3.34. The summed E-state index contributed by atoms with van der Waals surface area (Å²) in [6.07, 6.45) is 7.34. The highest BCUT2D eigenvalue weighted by Crippen LogP contribution is 2.36. The van der Waals surface area contributed by atoms with Crippen molar-refractivity contribution >= 4 is 21.6 Å². The first-order valence-corrected chi connectivity index (χ1v) is 10.2. The number of anilines is 1. The van der Waals surface area contributed by atoms with Gasteiger partial charge in [-0.1, -0.05) is 25.3 Å². The molecule has 0 aromatic heterocycles. The predicted molar refractivity (Wildman–Crippen MR) is 90.9 cm³/mol. The second kappa shape index (κ2) is 6.51. The van der Waals surface area contributed by atoms with Gasteiger partial charge in [-0.25, -0.2) is 8.42 Å². The van der Waals surface area contributed by atoms with Crippen molar-refractivity contribution in [2.45, 2.75) is 32.1 Å². The average molecular weight is 336 g/mol. The largest absolute Gasteiger partial charge is 0.338 e. The minimum atomic E-state index is -3.34. The van der Waals surface area contributed by atoms with Crippen molar-refractivity contribution in [3.63, 3.8) is 0 Å². The molecule has 1 aliphatic heterocycles. The van der Waals surface area contributed by atoms with Crippen molar-refractivity contribution in [3.8, 4) is 0 Å². The Morgan fingerprint density at radius 3 is 2.65 bits per heavy atom. The highest BCUT2D eigenvalue weighted by atomic mass is 32.2. The number of carbonyl (C=O) groups excluding carboxylic acids is 1. The number of nitrogens with zero attached hydrogens (tertiary/aromatic N) is 1. The second-order valence-electron chi connectivity index (χ2n) is 6.80. The Balaban J connectivity index is 1.71. The molecular weight excluding hydrogens is 312 g/mol. The number of fused-ring (bicyclic) bond motifs is 1. The SMILES string of the molecule is CS(=O)(=O)Nc1cccc(C(=O)N2CC[C@@H]3CCCC[C@@H]3C2)c1. The lowest BCUT2D eigenvalue weighted by Gasteiger charge is -2.41. The molecule has 0 unspecified atom stereocenters. The first kappa shape index (κ1) is 16.3. The van der Waals surface area contributed by atoms with Crippen molar-refractivity contribution in [3.05, 3.63) is 29.8 Å². The standard InChI is InChI=1S/C17H24N2O3S/c1-23(21,22)18-16-8-4-7-14(11-16)17(20)19-10-9-13-5-2-3-6-15(13)12-19/h4,7-8,11,13,15,18H,2-3,5-6,9-10,12H2,1H3/t13-,15+/m0/s1. The molecule has 1 saturated carbocycles. The molecule has 1 N–H and O–H groups in total. The molecule has 1 saturated heterocycles. The molecule has 126 valence electrons. The summed E-state index contributed by atoms with van der Waals surface area (Å²) in [5, 5.41) is 0. The average Bonchev–Trinajstić information content (AvgIpc) is 2.52. The third-order valence-electron chi connectivity index (χ3n) is 4.99. The van der Waals surface area contributed by atoms with Crippen LogP contribution in [-0.2, 0) is 10.0 Å². The van der Waals surface area contributed by atoms with Gasteiger partial charge in [0.2, 0.25) is 10.0 Å². The van der Waals surface area contributed by atoms with Crippen LogP contribution in [0.3, 0.4) is 0 Å². The van der Waals surface area contributed by atoms with Gasteiger partial charge in [-0.2, -0.15) is 0 Å². The van der Waals surface area contributed by atoms with E-state index in [9.17, 15) is 13.2 Å². The Morgan fingerprint density at radius 2 is 1.91 bits per heavy atom. The van der Waals surface area contributed by atoms with E-state index in [-0.39, 0.29) is 5.91 Å². The van der Waals surface area contributed by atoms with E-state index in [0.29, 0.717) is 17.2 Å². The number of hydrogen-bond donors (Lipinski definition) is 1. The molecule has 1 aromatic carbocycles. The van der Waals surface area contributed by atoms with Crippen LogP contribution >= 0.6 is 0 Å². The second-order valence-corrected chi connectivity index (χ2v) is 8.55. The van der Waals surface area contributed by atoms with Gasteiger partial charge in [-0.15, -0.1) is 0 Å². The summed E-state index contributed by atoms with van der Waals surface area (Å²) in [4.78, 5) is 14.7. The van der Waals surface area contributed by atoms with Gasteiger partial charge in [-0.3, -0.25) is 9.52 Å². The molecule has 0 bridgehead atoms. The lowest BCUT2D eigenvalue weighted by molar-refractivity contribution is 0.0521. The minimum absolute atomic E-state index is 0.00572. The number of benzene rings is 1. The number of hydrogen-bond acceptors (Lipinski definition) is 3. The van der Waals surface area contributed by atoms with Crippen LogP contribution in [0.2, 0.25) is 0 Å². The summed E-state index contributed by atoms with van der Waals surface area (Å²) in [6, 6.07) is 6.75. The fourth-order valence-electron chi connectivity index (χ4n) is 3.90. The van der Waals surface area contributed by atoms with Gasteiger partial charge in [0.05, 0.1) is 6.26 Å². The van der Waals surface area contributed by atoms with E-state index in [1.807, 2.05) is 4.90 Å². The molecule has 3 rings (SSSR count). The third kappa shape index (κ3) is 4.05. The van der Waals surface area contributed by atoms with Gasteiger partial charge in [0.25, 0.3) is 5.91 Å². The molecule has 1 heterocycles. The summed E-state index contributed by atoms with van der Waals surface area (Å²) in [6.45, 7) is 1.65. The lowest BCUT2D eigenvalue weighted by atomic mass is 9.75. The Labute approximate surface area is 138 Å². The molecule has 1 aliphatic carbocycles. The summed E-state index contributed by atoms with van der Waals surface area (Å²) in [5.41, 5.74) is 0.985. The normalized spacial score (nSPS) is 24.8. The molecule has 1 amide bonds. The molecule has 5 nitrogen and oxygen atoms in total. The molecule has 23 heavy (non-hydrogen) atoms. The molecule has 6 heteroatoms. The molecule has 0 spiro atoms. The van der Waals surface area contributed by atoms with Crippen molar-refractivity contribution in [1.82, 2.24) is 4.90 Å². The van der Waals surface area contributed by atoms with Crippen molar-refractivity contribution < 1.29 is 13.2 Å². The quantitative estimate of drug-likeness (QED) is 0.923. The highest BCUT2D eigenvalue weighted by molar-refractivity contribution is 7.92. The maximum atomic E-state index is 12.7. The zero-order chi connectivity index (χ0) is 16.4. The summed E-state index contributed by atoms with van der Waals surface area (Å²) in [5.74, 6) is 1.43. The van der Waals surface area contributed by atoms with Crippen LogP contribution < -0.4 is 4.72 Å². The van der Waals surface area contributed by atoms with Gasteiger partial charge in [-0.05, 0) is 42.9 Å². The molecule has 2 atom stereocenters. The van der Waals surface area contributed by atoms with Gasteiger partial charge in [0.15, 0.2) is 0 Å². The zero-order valence-electron chi connectivity index (χ0n) is 13.5. The monoisotopic (exact) mass is 336 g/mol. The van der Waals surface area contributed by atoms with Crippen molar-refractivity contribution in [1.29, 1.82) is 0 Å². The Kier molecular flexibility index (Phi) is 4.62. The van der Waals surface area contributed by atoms with Crippen molar-refractivity contribution in [2.24, 2.45) is 11.8 Å². The van der Waals surface area contributed by atoms with E-state index in [2.05, 4.69) is 4.72 Å². The number of sulfonamides is 1. The van der Waals surface area contributed by atoms with E-state index in [1.54, 1.807) is 24.3 Å². The maximum Gasteiger partial charge on any atom is 0.253 e. The number of piperidine rings is 1. The van der Waals surface area contributed by atoms with E-state index in [1.165, 1.54) is 25.7 Å². The van der Waals surface area contributed by atoms with Crippen LogP contribution in [0, 0.1) is 11.8 Å². The van der Waals surface area contributed by atoms with Gasteiger partial charge in [0.1, 0.15) is 0 Å². The van der Waals surface area contributed by atoms with Crippen LogP contribution in [-0.4, -0.2) is 38.6 Å². The Hall–Kier alpha value is -1.56.